The molecule has 0 heterocycles. The molecule has 0 atom stereocenters. The molecule has 0 saturated heterocycles. The summed E-state index contributed by atoms with van der Waals surface area (Å²) in [7, 11) is 1.38. The van der Waals surface area contributed by atoms with E-state index in [1.165, 1.54) is 7.11 Å². The van der Waals surface area contributed by atoms with Crippen LogP contribution in [0.3, 0.4) is 0 Å². The van der Waals surface area contributed by atoms with Crippen molar-refractivity contribution in [3.63, 3.8) is 0 Å². The number of aromatic hydroxyl groups is 1. The largest absolute Gasteiger partial charge is 0.506 e. The van der Waals surface area contributed by atoms with Crippen LogP contribution in [-0.4, -0.2) is 24.7 Å². The summed E-state index contributed by atoms with van der Waals surface area (Å²) in [6, 6.07) is 5.51. The average molecular weight is 302 g/mol. The van der Waals surface area contributed by atoms with E-state index in [1.807, 2.05) is 12.1 Å². The van der Waals surface area contributed by atoms with Crippen LogP contribution in [0.4, 0.5) is 0 Å². The van der Waals surface area contributed by atoms with E-state index in [1.54, 1.807) is 6.07 Å². The zero-order chi connectivity index (χ0) is 12.7. The lowest BCUT2D eigenvalue weighted by Gasteiger charge is -2.07. The van der Waals surface area contributed by atoms with E-state index >= 15 is 0 Å². The molecule has 0 aliphatic carbocycles. The molecule has 0 unspecified atom stereocenters. The van der Waals surface area contributed by atoms with Gasteiger partial charge >= 0.3 is 5.97 Å². The van der Waals surface area contributed by atoms with E-state index < -0.39 is 0 Å². The topological polar surface area (TPSA) is 58.6 Å². The van der Waals surface area contributed by atoms with Crippen molar-refractivity contribution in [1.82, 2.24) is 5.32 Å². The van der Waals surface area contributed by atoms with Gasteiger partial charge in [-0.2, -0.15) is 0 Å². The van der Waals surface area contributed by atoms with Gasteiger partial charge in [0.25, 0.3) is 0 Å². The predicted molar refractivity (Wildman–Crippen MR) is 68.8 cm³/mol. The smallest absolute Gasteiger partial charge is 0.305 e. The van der Waals surface area contributed by atoms with Gasteiger partial charge in [-0.15, -0.1) is 0 Å². The molecule has 1 rings (SSSR count). The second-order valence-electron chi connectivity index (χ2n) is 3.60. The Morgan fingerprint density at radius 1 is 1.53 bits per heavy atom. The van der Waals surface area contributed by atoms with Crippen LogP contribution in [0.1, 0.15) is 18.4 Å². The molecule has 0 aliphatic heterocycles. The van der Waals surface area contributed by atoms with Crippen molar-refractivity contribution >= 4 is 21.9 Å². The first-order chi connectivity index (χ1) is 8.15. The molecule has 0 bridgehead atoms. The number of hydrogen-bond donors (Lipinski definition) is 2. The summed E-state index contributed by atoms with van der Waals surface area (Å²) < 4.78 is 5.22. The molecule has 1 aromatic carbocycles. The molecule has 2 N–H and O–H groups in total. The van der Waals surface area contributed by atoms with Gasteiger partial charge in [0.15, 0.2) is 0 Å². The van der Waals surface area contributed by atoms with Gasteiger partial charge < -0.3 is 15.2 Å². The summed E-state index contributed by atoms with van der Waals surface area (Å²) in [5.74, 6) is 0.0603. The summed E-state index contributed by atoms with van der Waals surface area (Å²) in [4.78, 5) is 10.8. The van der Waals surface area contributed by atoms with Crippen molar-refractivity contribution in [1.29, 1.82) is 0 Å². The Morgan fingerprint density at radius 2 is 2.29 bits per heavy atom. The van der Waals surface area contributed by atoms with Crippen molar-refractivity contribution in [2.24, 2.45) is 0 Å². The van der Waals surface area contributed by atoms with Crippen LogP contribution in [0, 0.1) is 0 Å². The lowest BCUT2D eigenvalue weighted by molar-refractivity contribution is -0.140. The highest BCUT2D eigenvalue weighted by Crippen LogP contribution is 2.27. The Hall–Kier alpha value is -1.07. The maximum absolute atomic E-state index is 10.8. The van der Waals surface area contributed by atoms with Crippen LogP contribution in [0.2, 0.25) is 0 Å². The number of methoxy groups -OCH3 is 1. The molecule has 0 saturated carbocycles. The standard InChI is InChI=1S/C12H16BrNO3/c1-17-11(15)6-3-7-14-8-9-4-2-5-10(13)12(9)16/h2,4-5,14,16H,3,6-8H2,1H3. The highest BCUT2D eigenvalue weighted by atomic mass is 79.9. The zero-order valence-electron chi connectivity index (χ0n) is 9.70. The van der Waals surface area contributed by atoms with Crippen molar-refractivity contribution in [2.75, 3.05) is 13.7 Å². The van der Waals surface area contributed by atoms with Crippen LogP contribution in [0.25, 0.3) is 0 Å². The Labute approximate surface area is 109 Å². The zero-order valence-corrected chi connectivity index (χ0v) is 11.3. The lowest BCUT2D eigenvalue weighted by atomic mass is 10.2. The number of ether oxygens (including phenoxy) is 1. The Kier molecular flexibility index (Phi) is 6.00. The van der Waals surface area contributed by atoms with E-state index in [4.69, 9.17) is 0 Å². The first kappa shape index (κ1) is 14.0. The summed E-state index contributed by atoms with van der Waals surface area (Å²) in [5.41, 5.74) is 0.831. The number of rotatable bonds is 6. The number of phenolic OH excluding ortho intramolecular Hbond substituents is 1. The number of para-hydroxylation sites is 1. The van der Waals surface area contributed by atoms with Gasteiger partial charge in [-0.1, -0.05) is 12.1 Å². The first-order valence-electron chi connectivity index (χ1n) is 5.39. The van der Waals surface area contributed by atoms with Gasteiger partial charge in [0, 0.05) is 18.5 Å². The molecule has 5 heteroatoms. The third-order valence-electron chi connectivity index (χ3n) is 2.35. The van der Waals surface area contributed by atoms with E-state index in [-0.39, 0.29) is 11.7 Å². The van der Waals surface area contributed by atoms with Gasteiger partial charge in [0.2, 0.25) is 0 Å². The van der Waals surface area contributed by atoms with Crippen molar-refractivity contribution in [3.05, 3.63) is 28.2 Å². The molecule has 0 amide bonds. The van der Waals surface area contributed by atoms with Crippen LogP contribution in [0.5, 0.6) is 5.75 Å². The normalized spacial score (nSPS) is 10.2. The Balaban J connectivity index is 2.27. The monoisotopic (exact) mass is 301 g/mol. The van der Waals surface area contributed by atoms with Gasteiger partial charge in [-0.3, -0.25) is 4.79 Å². The van der Waals surface area contributed by atoms with Crippen LogP contribution < -0.4 is 5.32 Å². The first-order valence-corrected chi connectivity index (χ1v) is 6.18. The summed E-state index contributed by atoms with van der Waals surface area (Å²) in [6.07, 6.45) is 1.13. The number of benzene rings is 1. The summed E-state index contributed by atoms with van der Waals surface area (Å²) in [5, 5.41) is 12.9. The maximum Gasteiger partial charge on any atom is 0.305 e. The fraction of sp³-hybridized carbons (Fsp3) is 0.417. The number of halogens is 1. The minimum absolute atomic E-state index is 0.197. The molecular formula is C12H16BrNO3. The van der Waals surface area contributed by atoms with Gasteiger partial charge in [-0.05, 0) is 35.0 Å². The molecule has 0 fully saturated rings. The van der Waals surface area contributed by atoms with Gasteiger partial charge in [-0.25, -0.2) is 0 Å². The number of nitrogens with one attached hydrogen (secondary N) is 1. The predicted octanol–water partition coefficient (Wildman–Crippen LogP) is 2.20. The molecular weight excluding hydrogens is 286 g/mol. The third-order valence-corrected chi connectivity index (χ3v) is 2.99. The van der Waals surface area contributed by atoms with E-state index in [0.29, 0.717) is 24.0 Å². The molecule has 4 nitrogen and oxygen atoms in total. The van der Waals surface area contributed by atoms with Crippen LogP contribution in [0.15, 0.2) is 22.7 Å². The lowest BCUT2D eigenvalue weighted by Crippen LogP contribution is -2.16. The van der Waals surface area contributed by atoms with E-state index in [9.17, 15) is 9.90 Å². The van der Waals surface area contributed by atoms with Crippen molar-refractivity contribution in [2.45, 2.75) is 19.4 Å². The fourth-order valence-electron chi connectivity index (χ4n) is 1.39. The molecule has 1 aromatic rings. The molecule has 94 valence electrons. The second kappa shape index (κ2) is 7.29. The maximum atomic E-state index is 10.8. The number of esters is 1. The molecule has 0 aliphatic rings. The Morgan fingerprint density at radius 3 is 3.00 bits per heavy atom. The number of carbonyl (C=O) groups is 1. The van der Waals surface area contributed by atoms with Crippen molar-refractivity contribution < 1.29 is 14.6 Å². The van der Waals surface area contributed by atoms with Crippen LogP contribution >= 0.6 is 15.9 Å². The van der Waals surface area contributed by atoms with Crippen LogP contribution in [-0.2, 0) is 16.1 Å². The average Bonchev–Trinajstić information content (AvgIpc) is 2.33. The molecule has 0 aromatic heterocycles. The molecule has 0 spiro atoms. The minimum atomic E-state index is -0.197. The summed E-state index contributed by atoms with van der Waals surface area (Å²) >= 11 is 3.26. The fourth-order valence-corrected chi connectivity index (χ4v) is 1.79. The number of carbonyl (C=O) groups excluding carboxylic acids is 1. The van der Waals surface area contributed by atoms with Crippen molar-refractivity contribution in [3.8, 4) is 5.75 Å². The second-order valence-corrected chi connectivity index (χ2v) is 4.46. The van der Waals surface area contributed by atoms with Gasteiger partial charge in [0.1, 0.15) is 5.75 Å². The van der Waals surface area contributed by atoms with E-state index in [2.05, 4.69) is 26.0 Å². The minimum Gasteiger partial charge on any atom is -0.506 e. The Bertz CT molecular complexity index is 382. The molecule has 17 heavy (non-hydrogen) atoms. The number of phenols is 1. The third kappa shape index (κ3) is 4.75. The highest BCUT2D eigenvalue weighted by Gasteiger charge is 2.04. The quantitative estimate of drug-likeness (QED) is 0.625. The summed E-state index contributed by atoms with van der Waals surface area (Å²) in [6.45, 7) is 1.29. The highest BCUT2D eigenvalue weighted by molar-refractivity contribution is 9.10. The SMILES string of the molecule is COC(=O)CCCNCc1cccc(Br)c1O. The molecule has 0 radical (unpaired) electrons. The number of hydrogen-bond acceptors (Lipinski definition) is 4. The van der Waals surface area contributed by atoms with E-state index in [0.717, 1.165) is 12.0 Å². The van der Waals surface area contributed by atoms with Gasteiger partial charge in [0.05, 0.1) is 11.6 Å².